The number of nitrogens with one attached hydrogen (secondary N) is 2. The van der Waals surface area contributed by atoms with E-state index in [1.807, 2.05) is 6.07 Å². The van der Waals surface area contributed by atoms with Crippen LogP contribution in [-0.2, 0) is 26.4 Å². The molecule has 29 heavy (non-hydrogen) atoms. The second-order valence-corrected chi connectivity index (χ2v) is 6.78. The molecule has 2 aromatic carbocycles. The van der Waals surface area contributed by atoms with Crippen molar-refractivity contribution in [2.24, 2.45) is 0 Å². The van der Waals surface area contributed by atoms with Crippen LogP contribution >= 0.6 is 0 Å². The predicted molar refractivity (Wildman–Crippen MR) is 104 cm³/mol. The Morgan fingerprint density at radius 2 is 1.72 bits per heavy atom. The van der Waals surface area contributed by atoms with Crippen molar-refractivity contribution in [1.29, 1.82) is 0 Å². The number of amides is 4. The molecule has 150 valence electrons. The average molecular weight is 395 g/mol. The summed E-state index contributed by atoms with van der Waals surface area (Å²) in [5, 5.41) is 5.33. The Kier molecular flexibility index (Phi) is 5.63. The Balaban J connectivity index is 1.60. The van der Waals surface area contributed by atoms with Crippen molar-refractivity contribution >= 4 is 23.8 Å². The average Bonchev–Trinajstić information content (AvgIpc) is 2.96. The van der Waals surface area contributed by atoms with E-state index in [9.17, 15) is 19.2 Å². The molecule has 1 aliphatic heterocycles. The van der Waals surface area contributed by atoms with Gasteiger partial charge in [-0.1, -0.05) is 42.5 Å². The number of nitrogens with zero attached hydrogens (tertiary/aromatic N) is 1. The predicted octanol–water partition coefficient (Wildman–Crippen LogP) is 1.56. The van der Waals surface area contributed by atoms with Crippen LogP contribution in [0.3, 0.4) is 0 Å². The van der Waals surface area contributed by atoms with Gasteiger partial charge in [0.05, 0.1) is 12.7 Å². The minimum Gasteiger partial charge on any atom is -0.465 e. The third-order valence-electron chi connectivity index (χ3n) is 4.79. The topological polar surface area (TPSA) is 105 Å². The smallest absolute Gasteiger partial charge is 0.337 e. The van der Waals surface area contributed by atoms with Crippen LogP contribution in [0.15, 0.2) is 54.6 Å². The summed E-state index contributed by atoms with van der Waals surface area (Å²) in [4.78, 5) is 49.7. The molecule has 1 atom stereocenters. The highest BCUT2D eigenvalue weighted by atomic mass is 16.5. The Morgan fingerprint density at radius 1 is 1.07 bits per heavy atom. The number of esters is 1. The summed E-state index contributed by atoms with van der Waals surface area (Å²) in [7, 11) is 1.30. The van der Waals surface area contributed by atoms with Crippen molar-refractivity contribution in [3.05, 3.63) is 71.3 Å². The maximum Gasteiger partial charge on any atom is 0.337 e. The third-order valence-corrected chi connectivity index (χ3v) is 4.79. The fraction of sp³-hybridized carbons (Fsp3) is 0.238. The molecule has 0 bridgehead atoms. The lowest BCUT2D eigenvalue weighted by Crippen LogP contribution is -2.43. The summed E-state index contributed by atoms with van der Waals surface area (Å²) >= 11 is 0. The quantitative estimate of drug-likeness (QED) is 0.571. The van der Waals surface area contributed by atoms with Gasteiger partial charge in [-0.25, -0.2) is 9.59 Å². The van der Waals surface area contributed by atoms with Gasteiger partial charge in [0.25, 0.3) is 5.91 Å². The first-order valence-electron chi connectivity index (χ1n) is 8.99. The summed E-state index contributed by atoms with van der Waals surface area (Å²) < 4.78 is 4.63. The molecule has 1 heterocycles. The molecule has 2 N–H and O–H groups in total. The fourth-order valence-corrected chi connectivity index (χ4v) is 3.08. The molecule has 1 saturated heterocycles. The van der Waals surface area contributed by atoms with Gasteiger partial charge >= 0.3 is 12.0 Å². The number of imide groups is 1. The summed E-state index contributed by atoms with van der Waals surface area (Å²) in [6, 6.07) is 14.8. The van der Waals surface area contributed by atoms with Crippen molar-refractivity contribution in [2.45, 2.75) is 19.0 Å². The van der Waals surface area contributed by atoms with Crippen molar-refractivity contribution < 1.29 is 23.9 Å². The molecular weight excluding hydrogens is 374 g/mol. The van der Waals surface area contributed by atoms with E-state index in [-0.39, 0.29) is 13.1 Å². The number of carbonyl (C=O) groups excluding carboxylic acids is 4. The normalized spacial score (nSPS) is 18.3. The molecule has 1 fully saturated rings. The molecule has 0 spiro atoms. The molecule has 1 aliphatic rings. The van der Waals surface area contributed by atoms with E-state index in [1.165, 1.54) is 7.11 Å². The number of methoxy groups -OCH3 is 1. The Bertz CT molecular complexity index is 943. The van der Waals surface area contributed by atoms with Crippen LogP contribution in [0.2, 0.25) is 0 Å². The second-order valence-electron chi connectivity index (χ2n) is 6.78. The van der Waals surface area contributed by atoms with Crippen molar-refractivity contribution in [3.63, 3.8) is 0 Å². The zero-order valence-electron chi connectivity index (χ0n) is 16.1. The lowest BCUT2D eigenvalue weighted by molar-refractivity contribution is -0.134. The molecule has 3 rings (SSSR count). The number of rotatable bonds is 6. The number of benzene rings is 2. The van der Waals surface area contributed by atoms with Gasteiger partial charge in [0, 0.05) is 6.54 Å². The van der Waals surface area contributed by atoms with Gasteiger partial charge in [0.15, 0.2) is 0 Å². The number of carbonyl (C=O) groups is 4. The van der Waals surface area contributed by atoms with Crippen LogP contribution < -0.4 is 10.6 Å². The van der Waals surface area contributed by atoms with Gasteiger partial charge in [0.2, 0.25) is 5.91 Å². The first kappa shape index (κ1) is 20.1. The number of urea groups is 1. The first-order chi connectivity index (χ1) is 13.8. The van der Waals surface area contributed by atoms with E-state index in [1.54, 1.807) is 55.5 Å². The van der Waals surface area contributed by atoms with E-state index in [0.717, 1.165) is 10.5 Å². The highest BCUT2D eigenvalue weighted by molar-refractivity contribution is 6.09. The van der Waals surface area contributed by atoms with Crippen molar-refractivity contribution in [1.82, 2.24) is 15.5 Å². The van der Waals surface area contributed by atoms with Crippen molar-refractivity contribution in [2.75, 3.05) is 13.7 Å². The van der Waals surface area contributed by atoms with E-state index in [4.69, 9.17) is 0 Å². The van der Waals surface area contributed by atoms with E-state index in [2.05, 4.69) is 15.4 Å². The van der Waals surface area contributed by atoms with E-state index in [0.29, 0.717) is 11.1 Å². The number of hydrogen-bond acceptors (Lipinski definition) is 5. The minimum absolute atomic E-state index is 0.194. The van der Waals surface area contributed by atoms with Gasteiger partial charge in [0.1, 0.15) is 12.1 Å². The number of ether oxygens (including phenoxy) is 1. The summed E-state index contributed by atoms with van der Waals surface area (Å²) in [5.74, 6) is -1.39. The highest BCUT2D eigenvalue weighted by Crippen LogP contribution is 2.28. The van der Waals surface area contributed by atoms with Crippen LogP contribution in [0, 0.1) is 0 Å². The molecular formula is C21H21N3O5. The molecule has 0 unspecified atom stereocenters. The molecule has 0 saturated carbocycles. The molecule has 4 amide bonds. The van der Waals surface area contributed by atoms with E-state index < -0.39 is 29.4 Å². The SMILES string of the molecule is COC(=O)c1ccc(CNC(=O)CN2C(=O)N[C@](C)(c3ccccc3)C2=O)cc1. The number of hydrogen-bond donors (Lipinski definition) is 2. The standard InChI is InChI=1S/C21H21N3O5/c1-21(16-6-4-3-5-7-16)19(27)24(20(28)23-21)13-17(25)22-12-14-8-10-15(11-9-14)18(26)29-2/h3-11H,12-13H2,1-2H3,(H,22,25)(H,23,28)/t21-/m1/s1. The molecule has 8 nitrogen and oxygen atoms in total. The zero-order valence-corrected chi connectivity index (χ0v) is 16.1. The molecule has 0 aromatic heterocycles. The van der Waals surface area contributed by atoms with Gasteiger partial charge in [-0.15, -0.1) is 0 Å². The molecule has 2 aromatic rings. The van der Waals surface area contributed by atoms with Crippen LogP contribution in [0.1, 0.15) is 28.4 Å². The van der Waals surface area contributed by atoms with Gasteiger partial charge in [-0.2, -0.15) is 0 Å². The Morgan fingerprint density at radius 3 is 2.34 bits per heavy atom. The fourth-order valence-electron chi connectivity index (χ4n) is 3.08. The summed E-state index contributed by atoms with van der Waals surface area (Å²) in [6.07, 6.45) is 0. The van der Waals surface area contributed by atoms with Crippen LogP contribution in [-0.4, -0.2) is 42.4 Å². The van der Waals surface area contributed by atoms with Crippen LogP contribution in [0.4, 0.5) is 4.79 Å². The monoisotopic (exact) mass is 395 g/mol. The highest BCUT2D eigenvalue weighted by Gasteiger charge is 2.49. The van der Waals surface area contributed by atoms with E-state index >= 15 is 0 Å². The second kappa shape index (κ2) is 8.14. The first-order valence-corrected chi connectivity index (χ1v) is 8.99. The third kappa shape index (κ3) is 4.11. The lowest BCUT2D eigenvalue weighted by atomic mass is 9.92. The van der Waals surface area contributed by atoms with Crippen LogP contribution in [0.25, 0.3) is 0 Å². The van der Waals surface area contributed by atoms with Gasteiger partial charge in [-0.05, 0) is 30.2 Å². The van der Waals surface area contributed by atoms with Crippen molar-refractivity contribution in [3.8, 4) is 0 Å². The molecule has 0 radical (unpaired) electrons. The molecule has 0 aliphatic carbocycles. The largest absolute Gasteiger partial charge is 0.465 e. The van der Waals surface area contributed by atoms with Gasteiger partial charge < -0.3 is 15.4 Å². The lowest BCUT2D eigenvalue weighted by Gasteiger charge is -2.22. The Hall–Kier alpha value is -3.68. The zero-order chi connectivity index (χ0) is 21.0. The summed E-state index contributed by atoms with van der Waals surface area (Å²) in [5.41, 5.74) is 0.605. The maximum absolute atomic E-state index is 12.8. The Labute approximate surface area is 167 Å². The minimum atomic E-state index is -1.21. The maximum atomic E-state index is 12.8. The van der Waals surface area contributed by atoms with Crippen LogP contribution in [0.5, 0.6) is 0 Å². The molecule has 8 heteroatoms. The summed E-state index contributed by atoms with van der Waals surface area (Å²) in [6.45, 7) is 1.43. The van der Waals surface area contributed by atoms with Gasteiger partial charge in [-0.3, -0.25) is 14.5 Å².